The number of methoxy groups -OCH3 is 1. The van der Waals surface area contributed by atoms with E-state index >= 15 is 0 Å². The Labute approximate surface area is 146 Å². The second-order valence-electron chi connectivity index (χ2n) is 6.33. The molecule has 25 heavy (non-hydrogen) atoms. The molecule has 0 saturated heterocycles. The number of hydrogen-bond donors (Lipinski definition) is 1. The minimum Gasteiger partial charge on any atom is -0.496 e. The summed E-state index contributed by atoms with van der Waals surface area (Å²) in [5.41, 5.74) is 1.31. The van der Waals surface area contributed by atoms with E-state index in [1.54, 1.807) is 7.11 Å². The highest BCUT2D eigenvalue weighted by atomic mass is 32.2. The van der Waals surface area contributed by atoms with Crippen LogP contribution in [-0.4, -0.2) is 26.8 Å². The molecule has 2 aromatic carbocycles. The van der Waals surface area contributed by atoms with Gasteiger partial charge in [-0.05, 0) is 56.2 Å². The molecule has 2 aromatic rings. The Morgan fingerprint density at radius 2 is 1.68 bits per heavy atom. The van der Waals surface area contributed by atoms with Crippen LogP contribution in [0.3, 0.4) is 0 Å². The number of para-hydroxylation sites is 1. The van der Waals surface area contributed by atoms with Gasteiger partial charge in [-0.3, -0.25) is 0 Å². The number of benzene rings is 2. The molecule has 0 amide bonds. The van der Waals surface area contributed by atoms with Crippen molar-refractivity contribution in [3.8, 4) is 5.75 Å². The molecule has 136 valence electrons. The van der Waals surface area contributed by atoms with Gasteiger partial charge in [0.05, 0.1) is 12.0 Å². The van der Waals surface area contributed by atoms with Gasteiger partial charge in [-0.1, -0.05) is 18.2 Å². The largest absolute Gasteiger partial charge is 0.496 e. The quantitative estimate of drug-likeness (QED) is 0.797. The van der Waals surface area contributed by atoms with Crippen molar-refractivity contribution in [1.29, 1.82) is 0 Å². The average molecular weight is 369 g/mol. The maximum atomic E-state index is 12.6. The third-order valence-corrected chi connectivity index (χ3v) is 5.12. The summed E-state index contributed by atoms with van der Waals surface area (Å²) in [6.45, 7) is 3.98. The van der Waals surface area contributed by atoms with E-state index in [9.17, 15) is 17.2 Å². The number of hydrogen-bond acceptors (Lipinski definition) is 4. The monoisotopic (exact) mass is 369 g/mol. The Morgan fingerprint density at radius 1 is 1.08 bits per heavy atom. The fourth-order valence-corrected chi connectivity index (χ4v) is 3.31. The lowest BCUT2D eigenvalue weighted by Crippen LogP contribution is -2.33. The van der Waals surface area contributed by atoms with Crippen LogP contribution in [0.4, 0.5) is 14.5 Å². The molecule has 2 rings (SSSR count). The van der Waals surface area contributed by atoms with Crippen molar-refractivity contribution in [3.63, 3.8) is 0 Å². The molecule has 0 atom stereocenters. The smallest absolute Gasteiger partial charge is 0.341 e. The molecule has 0 aliphatic rings. The van der Waals surface area contributed by atoms with Gasteiger partial charge in [0.15, 0.2) is 0 Å². The molecule has 0 bridgehead atoms. The van der Waals surface area contributed by atoms with Crippen LogP contribution in [0, 0.1) is 0 Å². The van der Waals surface area contributed by atoms with E-state index in [2.05, 4.69) is 5.32 Å². The van der Waals surface area contributed by atoms with Crippen LogP contribution in [0.2, 0.25) is 0 Å². The third-order valence-electron chi connectivity index (χ3n) is 3.73. The van der Waals surface area contributed by atoms with Crippen LogP contribution in [-0.2, 0) is 16.3 Å². The Hall–Kier alpha value is -2.15. The molecule has 0 spiro atoms. The van der Waals surface area contributed by atoms with Gasteiger partial charge in [0.25, 0.3) is 0 Å². The third kappa shape index (κ3) is 4.69. The van der Waals surface area contributed by atoms with E-state index in [0.29, 0.717) is 12.1 Å². The fourth-order valence-electron chi connectivity index (χ4n) is 2.59. The van der Waals surface area contributed by atoms with E-state index in [1.165, 1.54) is 24.3 Å². The number of alkyl halides is 2. The Kier molecular flexibility index (Phi) is 5.67. The molecule has 0 saturated carbocycles. The molecule has 0 unspecified atom stereocenters. The standard InChI is InChI=1S/C18H21F2NO3S/c1-18(2,12-13-6-4-5-7-16(13)24-3)21-14-8-10-15(11-9-14)25(22,23)17(19)20/h4-11,17,21H,12H2,1-3H3. The van der Waals surface area contributed by atoms with Crippen molar-refractivity contribution in [2.24, 2.45) is 0 Å². The van der Waals surface area contributed by atoms with Crippen LogP contribution < -0.4 is 10.1 Å². The molecule has 0 radical (unpaired) electrons. The van der Waals surface area contributed by atoms with Crippen LogP contribution in [0.1, 0.15) is 19.4 Å². The number of sulfone groups is 1. The van der Waals surface area contributed by atoms with Gasteiger partial charge in [-0.2, -0.15) is 8.78 Å². The molecular weight excluding hydrogens is 348 g/mol. The molecule has 0 heterocycles. The fraction of sp³-hybridized carbons (Fsp3) is 0.333. The summed E-state index contributed by atoms with van der Waals surface area (Å²) in [4.78, 5) is -0.393. The zero-order valence-electron chi connectivity index (χ0n) is 14.3. The first kappa shape index (κ1) is 19.2. The highest BCUT2D eigenvalue weighted by molar-refractivity contribution is 7.91. The molecule has 7 heteroatoms. The van der Waals surface area contributed by atoms with E-state index in [1.807, 2.05) is 38.1 Å². The number of halogens is 2. The van der Waals surface area contributed by atoms with Gasteiger partial charge in [0.1, 0.15) is 5.75 Å². The number of ether oxygens (including phenoxy) is 1. The summed E-state index contributed by atoms with van der Waals surface area (Å²) >= 11 is 0. The van der Waals surface area contributed by atoms with Gasteiger partial charge in [0, 0.05) is 11.2 Å². The maximum Gasteiger partial charge on any atom is 0.341 e. The van der Waals surface area contributed by atoms with Crippen molar-refractivity contribution < 1.29 is 21.9 Å². The van der Waals surface area contributed by atoms with Gasteiger partial charge in [-0.15, -0.1) is 0 Å². The highest BCUT2D eigenvalue weighted by Crippen LogP contribution is 2.26. The van der Waals surface area contributed by atoms with E-state index in [4.69, 9.17) is 4.74 Å². The molecule has 0 aliphatic carbocycles. The van der Waals surface area contributed by atoms with Crippen molar-refractivity contribution in [1.82, 2.24) is 0 Å². The number of nitrogens with one attached hydrogen (secondary N) is 1. The van der Waals surface area contributed by atoms with Crippen molar-refractivity contribution in [3.05, 3.63) is 54.1 Å². The first-order valence-electron chi connectivity index (χ1n) is 7.68. The summed E-state index contributed by atoms with van der Waals surface area (Å²) < 4.78 is 53.4. The molecule has 1 N–H and O–H groups in total. The highest BCUT2D eigenvalue weighted by Gasteiger charge is 2.26. The maximum absolute atomic E-state index is 12.6. The Balaban J connectivity index is 2.15. The van der Waals surface area contributed by atoms with E-state index < -0.39 is 20.5 Å². The SMILES string of the molecule is COc1ccccc1CC(C)(C)Nc1ccc(S(=O)(=O)C(F)F)cc1. The van der Waals surface area contributed by atoms with Gasteiger partial charge in [-0.25, -0.2) is 8.42 Å². The second-order valence-corrected chi connectivity index (χ2v) is 8.25. The molecule has 0 aliphatic heterocycles. The van der Waals surface area contributed by atoms with Gasteiger partial charge in [0.2, 0.25) is 9.84 Å². The minimum atomic E-state index is -4.57. The lowest BCUT2D eigenvalue weighted by atomic mass is 9.94. The first-order chi connectivity index (χ1) is 11.7. The second kappa shape index (κ2) is 7.39. The van der Waals surface area contributed by atoms with Crippen LogP contribution >= 0.6 is 0 Å². The van der Waals surface area contributed by atoms with Crippen LogP contribution in [0.25, 0.3) is 0 Å². The zero-order valence-corrected chi connectivity index (χ0v) is 15.1. The predicted octanol–water partition coefficient (Wildman–Crippen LogP) is 4.12. The minimum absolute atomic E-state index is 0.363. The Bertz CT molecular complexity index is 818. The zero-order chi connectivity index (χ0) is 18.7. The van der Waals surface area contributed by atoms with Crippen molar-refractivity contribution >= 4 is 15.5 Å². The van der Waals surface area contributed by atoms with Crippen molar-refractivity contribution in [2.75, 3.05) is 12.4 Å². The summed E-state index contributed by atoms with van der Waals surface area (Å²) in [6, 6.07) is 13.0. The predicted molar refractivity (Wildman–Crippen MR) is 94.0 cm³/mol. The van der Waals surface area contributed by atoms with E-state index in [0.717, 1.165) is 11.3 Å². The van der Waals surface area contributed by atoms with Crippen LogP contribution in [0.15, 0.2) is 53.4 Å². The average Bonchev–Trinajstić information content (AvgIpc) is 2.55. The number of anilines is 1. The topological polar surface area (TPSA) is 55.4 Å². The molecule has 0 aromatic heterocycles. The summed E-state index contributed by atoms with van der Waals surface area (Å²) in [5, 5.41) is 3.29. The Morgan fingerprint density at radius 3 is 2.24 bits per heavy atom. The lowest BCUT2D eigenvalue weighted by Gasteiger charge is -2.28. The first-order valence-corrected chi connectivity index (χ1v) is 9.22. The molecule has 0 fully saturated rings. The van der Waals surface area contributed by atoms with Crippen molar-refractivity contribution in [2.45, 2.75) is 36.5 Å². The lowest BCUT2D eigenvalue weighted by molar-refractivity contribution is 0.234. The normalized spacial score (nSPS) is 12.2. The number of rotatable bonds is 7. The summed E-state index contributed by atoms with van der Waals surface area (Å²) in [7, 11) is -2.96. The van der Waals surface area contributed by atoms with Crippen LogP contribution in [0.5, 0.6) is 5.75 Å². The molecule has 4 nitrogen and oxygen atoms in total. The van der Waals surface area contributed by atoms with E-state index in [-0.39, 0.29) is 5.54 Å². The summed E-state index contributed by atoms with van der Waals surface area (Å²) in [5.74, 6) is -2.64. The van der Waals surface area contributed by atoms with Gasteiger partial charge < -0.3 is 10.1 Å². The molecular formula is C18H21F2NO3S. The van der Waals surface area contributed by atoms with Gasteiger partial charge >= 0.3 is 5.76 Å². The summed E-state index contributed by atoms with van der Waals surface area (Å²) in [6.07, 6.45) is 0.661.